The lowest BCUT2D eigenvalue weighted by Crippen LogP contribution is -2.48. The molecule has 1 aromatic rings. The largest absolute Gasteiger partial charge is 0.401 e. The Balaban J connectivity index is 3.17. The summed E-state index contributed by atoms with van der Waals surface area (Å²) in [6.45, 7) is 6.45. The molecule has 0 fully saturated rings. The molecule has 0 aliphatic carbocycles. The Morgan fingerprint density at radius 2 is 1.67 bits per heavy atom. The van der Waals surface area contributed by atoms with Crippen molar-refractivity contribution >= 4 is 0 Å². The van der Waals surface area contributed by atoms with Gasteiger partial charge in [0.2, 0.25) is 0 Å². The SMILES string of the molecule is CCC(N)C(c1ccc(C)cc1)N(CC(F)(F)F)C(C)C. The van der Waals surface area contributed by atoms with Crippen molar-refractivity contribution < 1.29 is 13.2 Å². The Kier molecular flexibility index (Phi) is 6.23. The summed E-state index contributed by atoms with van der Waals surface area (Å²) in [6, 6.07) is 6.57. The molecule has 5 heteroatoms. The molecule has 0 saturated heterocycles. The molecule has 120 valence electrons. The average molecular weight is 302 g/mol. The predicted molar refractivity (Wildman–Crippen MR) is 80.1 cm³/mol. The van der Waals surface area contributed by atoms with Crippen molar-refractivity contribution in [1.82, 2.24) is 4.90 Å². The molecule has 2 unspecified atom stereocenters. The van der Waals surface area contributed by atoms with E-state index in [1.165, 1.54) is 4.90 Å². The zero-order chi connectivity index (χ0) is 16.2. The van der Waals surface area contributed by atoms with Crippen molar-refractivity contribution in [2.75, 3.05) is 6.54 Å². The molecular formula is C16H25F3N2. The van der Waals surface area contributed by atoms with Crippen LogP contribution in [-0.4, -0.2) is 29.7 Å². The fourth-order valence-electron chi connectivity index (χ4n) is 2.48. The highest BCUT2D eigenvalue weighted by Gasteiger charge is 2.37. The predicted octanol–water partition coefficient (Wildman–Crippen LogP) is 4.05. The summed E-state index contributed by atoms with van der Waals surface area (Å²) in [5, 5.41) is 0. The van der Waals surface area contributed by atoms with Crippen LogP contribution in [0.3, 0.4) is 0 Å². The van der Waals surface area contributed by atoms with Gasteiger partial charge in [0.05, 0.1) is 12.6 Å². The van der Waals surface area contributed by atoms with E-state index >= 15 is 0 Å². The minimum absolute atomic E-state index is 0.240. The van der Waals surface area contributed by atoms with E-state index in [1.54, 1.807) is 13.8 Å². The molecule has 0 saturated carbocycles. The first-order valence-corrected chi connectivity index (χ1v) is 7.30. The van der Waals surface area contributed by atoms with E-state index in [0.717, 1.165) is 11.1 Å². The van der Waals surface area contributed by atoms with Crippen LogP contribution < -0.4 is 5.73 Å². The molecule has 0 heterocycles. The topological polar surface area (TPSA) is 29.3 Å². The molecule has 0 amide bonds. The van der Waals surface area contributed by atoms with E-state index in [4.69, 9.17) is 5.73 Å². The van der Waals surface area contributed by atoms with E-state index in [-0.39, 0.29) is 12.1 Å². The maximum Gasteiger partial charge on any atom is 0.401 e. The van der Waals surface area contributed by atoms with Gasteiger partial charge in [0.15, 0.2) is 0 Å². The molecule has 2 N–H and O–H groups in total. The summed E-state index contributed by atoms with van der Waals surface area (Å²) < 4.78 is 38.7. The molecule has 0 aromatic heterocycles. The first-order chi connectivity index (χ1) is 9.65. The molecular weight excluding hydrogens is 277 g/mol. The van der Waals surface area contributed by atoms with Crippen molar-refractivity contribution in [3.8, 4) is 0 Å². The summed E-state index contributed by atoms with van der Waals surface area (Å²) in [5.41, 5.74) is 8.05. The fraction of sp³-hybridized carbons (Fsp3) is 0.625. The molecule has 0 bridgehead atoms. The second-order valence-electron chi connectivity index (χ2n) is 5.81. The van der Waals surface area contributed by atoms with Gasteiger partial charge >= 0.3 is 6.18 Å². The Hall–Kier alpha value is -1.07. The summed E-state index contributed by atoms with van der Waals surface area (Å²) in [4.78, 5) is 1.44. The zero-order valence-electron chi connectivity index (χ0n) is 13.1. The highest BCUT2D eigenvalue weighted by Crippen LogP contribution is 2.30. The van der Waals surface area contributed by atoms with Gasteiger partial charge in [0.1, 0.15) is 0 Å². The number of hydrogen-bond donors (Lipinski definition) is 1. The zero-order valence-corrected chi connectivity index (χ0v) is 13.1. The van der Waals surface area contributed by atoms with Crippen LogP contribution in [0.15, 0.2) is 24.3 Å². The van der Waals surface area contributed by atoms with Crippen LogP contribution in [-0.2, 0) is 0 Å². The number of nitrogens with two attached hydrogens (primary N) is 1. The monoisotopic (exact) mass is 302 g/mol. The third-order valence-corrected chi connectivity index (χ3v) is 3.68. The summed E-state index contributed by atoms with van der Waals surface area (Å²) in [6.07, 6.45) is -3.61. The van der Waals surface area contributed by atoms with Crippen molar-refractivity contribution in [2.45, 2.75) is 58.4 Å². The molecule has 21 heavy (non-hydrogen) atoms. The normalized spacial score (nSPS) is 15.5. The summed E-state index contributed by atoms with van der Waals surface area (Å²) in [5.74, 6) is 0. The van der Waals surface area contributed by atoms with E-state index in [0.29, 0.717) is 6.42 Å². The van der Waals surface area contributed by atoms with Crippen molar-refractivity contribution in [3.63, 3.8) is 0 Å². The van der Waals surface area contributed by atoms with E-state index < -0.39 is 18.8 Å². The third-order valence-electron chi connectivity index (χ3n) is 3.68. The molecule has 0 radical (unpaired) electrons. The molecule has 2 atom stereocenters. The molecule has 0 spiro atoms. The maximum atomic E-state index is 12.9. The number of alkyl halides is 3. The number of benzene rings is 1. The van der Waals surface area contributed by atoms with Crippen LogP contribution in [0.2, 0.25) is 0 Å². The van der Waals surface area contributed by atoms with Gasteiger partial charge in [-0.25, -0.2) is 0 Å². The smallest absolute Gasteiger partial charge is 0.326 e. The van der Waals surface area contributed by atoms with Crippen molar-refractivity contribution in [1.29, 1.82) is 0 Å². The molecule has 2 nitrogen and oxygen atoms in total. The van der Waals surface area contributed by atoms with Gasteiger partial charge < -0.3 is 5.73 Å². The minimum atomic E-state index is -4.24. The second kappa shape index (κ2) is 7.27. The third kappa shape index (κ3) is 5.32. The molecule has 0 aliphatic rings. The van der Waals surface area contributed by atoms with Gasteiger partial charge in [-0.2, -0.15) is 13.2 Å². The Morgan fingerprint density at radius 3 is 2.05 bits per heavy atom. The highest BCUT2D eigenvalue weighted by molar-refractivity contribution is 5.25. The molecule has 1 rings (SSSR count). The molecule has 1 aromatic carbocycles. The first-order valence-electron chi connectivity index (χ1n) is 7.30. The van der Waals surface area contributed by atoms with Gasteiger partial charge in [-0.15, -0.1) is 0 Å². The van der Waals surface area contributed by atoms with Crippen molar-refractivity contribution in [3.05, 3.63) is 35.4 Å². The quantitative estimate of drug-likeness (QED) is 0.859. The number of halogens is 3. The van der Waals surface area contributed by atoms with Gasteiger partial charge in [0, 0.05) is 12.1 Å². The number of rotatable bonds is 6. The number of aryl methyl sites for hydroxylation is 1. The highest BCUT2D eigenvalue weighted by atomic mass is 19.4. The Labute approximate surface area is 125 Å². The van der Waals surface area contributed by atoms with Gasteiger partial charge in [0.25, 0.3) is 0 Å². The Morgan fingerprint density at radius 1 is 1.14 bits per heavy atom. The van der Waals surface area contributed by atoms with Crippen LogP contribution in [0.1, 0.15) is 44.4 Å². The van der Waals surface area contributed by atoms with Crippen LogP contribution in [0.4, 0.5) is 13.2 Å². The average Bonchev–Trinajstić information content (AvgIpc) is 2.38. The summed E-state index contributed by atoms with van der Waals surface area (Å²) >= 11 is 0. The number of nitrogens with zero attached hydrogens (tertiary/aromatic N) is 1. The van der Waals surface area contributed by atoms with Crippen LogP contribution in [0.25, 0.3) is 0 Å². The van der Waals surface area contributed by atoms with Crippen LogP contribution in [0, 0.1) is 6.92 Å². The summed E-state index contributed by atoms with van der Waals surface area (Å²) in [7, 11) is 0. The van der Waals surface area contributed by atoms with Gasteiger partial charge in [-0.1, -0.05) is 36.8 Å². The molecule has 0 aliphatic heterocycles. The van der Waals surface area contributed by atoms with Gasteiger partial charge in [-0.05, 0) is 32.8 Å². The number of hydrogen-bond acceptors (Lipinski definition) is 2. The minimum Gasteiger partial charge on any atom is -0.326 e. The standard InChI is InChI=1S/C16H25F3N2/c1-5-14(20)15(13-8-6-12(4)7-9-13)21(11(2)3)10-16(17,18)19/h6-9,11,14-15H,5,10,20H2,1-4H3. The maximum absolute atomic E-state index is 12.9. The van der Waals surface area contributed by atoms with E-state index in [2.05, 4.69) is 0 Å². The van der Waals surface area contributed by atoms with Crippen molar-refractivity contribution in [2.24, 2.45) is 5.73 Å². The van der Waals surface area contributed by atoms with Crippen LogP contribution in [0.5, 0.6) is 0 Å². The van der Waals surface area contributed by atoms with E-state index in [9.17, 15) is 13.2 Å². The lowest BCUT2D eigenvalue weighted by atomic mass is 9.94. The lowest BCUT2D eigenvalue weighted by molar-refractivity contribution is -0.156. The lowest BCUT2D eigenvalue weighted by Gasteiger charge is -2.38. The first kappa shape index (κ1) is 18.0. The second-order valence-corrected chi connectivity index (χ2v) is 5.81. The van der Waals surface area contributed by atoms with Gasteiger partial charge in [-0.3, -0.25) is 4.90 Å². The van der Waals surface area contributed by atoms with Crippen LogP contribution >= 0.6 is 0 Å². The fourth-order valence-corrected chi connectivity index (χ4v) is 2.48. The van der Waals surface area contributed by atoms with E-state index in [1.807, 2.05) is 38.1 Å². The Bertz CT molecular complexity index is 426.